The number of anilines is 2. The van der Waals surface area contributed by atoms with Crippen LogP contribution < -0.4 is 20.1 Å². The molecule has 0 aliphatic carbocycles. The maximum atomic E-state index is 12.5. The molecule has 0 unspecified atom stereocenters. The van der Waals surface area contributed by atoms with Crippen LogP contribution in [0.5, 0.6) is 11.5 Å². The Balaban J connectivity index is 2.13. The number of pyridine rings is 1. The van der Waals surface area contributed by atoms with Gasteiger partial charge in [0.1, 0.15) is 11.5 Å². The van der Waals surface area contributed by atoms with Crippen LogP contribution in [0.25, 0.3) is 0 Å². The number of aromatic nitrogens is 1. The molecule has 0 aliphatic rings. The molecule has 1 heterocycles. The first-order valence-electron chi connectivity index (χ1n) is 7.90. The SMILES string of the molecule is CCCCNc1cncc(C(=O)Nc2cc(OC)ccc2OC)c1. The third kappa shape index (κ3) is 4.62. The lowest BCUT2D eigenvalue weighted by Crippen LogP contribution is -2.13. The molecule has 0 aliphatic heterocycles. The Morgan fingerprint density at radius 2 is 2.00 bits per heavy atom. The van der Waals surface area contributed by atoms with Crippen molar-refractivity contribution in [2.75, 3.05) is 31.4 Å². The number of unbranched alkanes of at least 4 members (excludes halogenated alkanes) is 1. The molecule has 6 nitrogen and oxygen atoms in total. The average molecular weight is 329 g/mol. The van der Waals surface area contributed by atoms with Gasteiger partial charge >= 0.3 is 0 Å². The first-order valence-corrected chi connectivity index (χ1v) is 7.90. The molecular formula is C18H23N3O3. The summed E-state index contributed by atoms with van der Waals surface area (Å²) in [5.41, 5.74) is 1.85. The molecule has 2 rings (SSSR count). The molecule has 6 heteroatoms. The lowest BCUT2D eigenvalue weighted by atomic mass is 10.2. The van der Waals surface area contributed by atoms with Crippen molar-refractivity contribution in [3.63, 3.8) is 0 Å². The fourth-order valence-corrected chi connectivity index (χ4v) is 2.18. The minimum Gasteiger partial charge on any atom is -0.497 e. The fraction of sp³-hybridized carbons (Fsp3) is 0.333. The van der Waals surface area contributed by atoms with Crippen molar-refractivity contribution in [3.8, 4) is 11.5 Å². The van der Waals surface area contributed by atoms with Gasteiger partial charge in [-0.1, -0.05) is 13.3 Å². The zero-order chi connectivity index (χ0) is 17.4. The molecule has 0 atom stereocenters. The largest absolute Gasteiger partial charge is 0.497 e. The Morgan fingerprint density at radius 3 is 2.71 bits per heavy atom. The Morgan fingerprint density at radius 1 is 1.17 bits per heavy atom. The van der Waals surface area contributed by atoms with Crippen LogP contribution in [-0.4, -0.2) is 31.7 Å². The van der Waals surface area contributed by atoms with E-state index in [0.717, 1.165) is 25.1 Å². The van der Waals surface area contributed by atoms with Crippen molar-refractivity contribution in [1.29, 1.82) is 0 Å². The van der Waals surface area contributed by atoms with Gasteiger partial charge < -0.3 is 20.1 Å². The smallest absolute Gasteiger partial charge is 0.257 e. The van der Waals surface area contributed by atoms with Crippen LogP contribution in [0.3, 0.4) is 0 Å². The quantitative estimate of drug-likeness (QED) is 0.725. The van der Waals surface area contributed by atoms with E-state index in [0.29, 0.717) is 22.7 Å². The van der Waals surface area contributed by atoms with Crippen molar-refractivity contribution < 1.29 is 14.3 Å². The summed E-state index contributed by atoms with van der Waals surface area (Å²) in [6.45, 7) is 2.98. The summed E-state index contributed by atoms with van der Waals surface area (Å²) < 4.78 is 10.5. The molecule has 2 aromatic rings. The number of carbonyl (C=O) groups is 1. The molecule has 1 amide bonds. The van der Waals surface area contributed by atoms with Crippen molar-refractivity contribution in [3.05, 3.63) is 42.2 Å². The Hall–Kier alpha value is -2.76. The third-order valence-corrected chi connectivity index (χ3v) is 3.51. The first-order chi connectivity index (χ1) is 11.7. The van der Waals surface area contributed by atoms with Gasteiger partial charge in [-0.3, -0.25) is 9.78 Å². The zero-order valence-electron chi connectivity index (χ0n) is 14.3. The second kappa shape index (κ2) is 8.76. The standard InChI is InChI=1S/C18H23N3O3/c1-4-5-8-20-14-9-13(11-19-12-14)18(22)21-16-10-15(23-2)6-7-17(16)24-3/h6-7,9-12,20H,4-5,8H2,1-3H3,(H,21,22). The molecule has 0 bridgehead atoms. The highest BCUT2D eigenvalue weighted by atomic mass is 16.5. The van der Waals surface area contributed by atoms with E-state index in [1.54, 1.807) is 44.7 Å². The van der Waals surface area contributed by atoms with E-state index in [2.05, 4.69) is 22.5 Å². The highest BCUT2D eigenvalue weighted by Crippen LogP contribution is 2.29. The van der Waals surface area contributed by atoms with Crippen molar-refractivity contribution in [2.24, 2.45) is 0 Å². The maximum Gasteiger partial charge on any atom is 0.257 e. The molecule has 0 saturated heterocycles. The number of carbonyl (C=O) groups excluding carboxylic acids is 1. The predicted octanol–water partition coefficient (Wildman–Crippen LogP) is 3.56. The Labute approximate surface area is 142 Å². The number of amides is 1. The molecule has 0 radical (unpaired) electrons. The molecular weight excluding hydrogens is 306 g/mol. The van der Waals surface area contributed by atoms with Gasteiger partial charge in [-0.2, -0.15) is 0 Å². The normalized spacial score (nSPS) is 10.1. The summed E-state index contributed by atoms with van der Waals surface area (Å²) in [4.78, 5) is 16.6. The lowest BCUT2D eigenvalue weighted by Gasteiger charge is -2.12. The van der Waals surface area contributed by atoms with E-state index in [-0.39, 0.29) is 5.91 Å². The lowest BCUT2D eigenvalue weighted by molar-refractivity contribution is 0.102. The van der Waals surface area contributed by atoms with Gasteiger partial charge in [0, 0.05) is 25.0 Å². The molecule has 128 valence electrons. The number of methoxy groups -OCH3 is 2. The summed E-state index contributed by atoms with van der Waals surface area (Å²) in [6, 6.07) is 7.02. The van der Waals surface area contributed by atoms with Crippen LogP contribution in [0.15, 0.2) is 36.7 Å². The van der Waals surface area contributed by atoms with Crippen LogP contribution in [0, 0.1) is 0 Å². The van der Waals surface area contributed by atoms with Gasteiger partial charge in [0.15, 0.2) is 0 Å². The second-order valence-corrected chi connectivity index (χ2v) is 5.26. The average Bonchev–Trinajstić information content (AvgIpc) is 2.62. The zero-order valence-corrected chi connectivity index (χ0v) is 14.3. The van der Waals surface area contributed by atoms with Crippen LogP contribution in [0.1, 0.15) is 30.1 Å². The topological polar surface area (TPSA) is 72.5 Å². The first kappa shape index (κ1) is 17.6. The minimum atomic E-state index is -0.256. The van der Waals surface area contributed by atoms with Crippen LogP contribution in [0.4, 0.5) is 11.4 Å². The summed E-state index contributed by atoms with van der Waals surface area (Å²) in [7, 11) is 3.13. The van der Waals surface area contributed by atoms with Crippen molar-refractivity contribution in [1.82, 2.24) is 4.98 Å². The van der Waals surface area contributed by atoms with E-state index < -0.39 is 0 Å². The molecule has 1 aromatic heterocycles. The molecule has 0 spiro atoms. The van der Waals surface area contributed by atoms with E-state index >= 15 is 0 Å². The molecule has 0 saturated carbocycles. The summed E-state index contributed by atoms with van der Waals surface area (Å²) in [5.74, 6) is 0.946. The van der Waals surface area contributed by atoms with Gasteiger partial charge in [0.25, 0.3) is 5.91 Å². The predicted molar refractivity (Wildman–Crippen MR) is 95.1 cm³/mol. The Kier molecular flexibility index (Phi) is 6.42. The van der Waals surface area contributed by atoms with Gasteiger partial charge in [-0.05, 0) is 24.6 Å². The van der Waals surface area contributed by atoms with Crippen molar-refractivity contribution in [2.45, 2.75) is 19.8 Å². The van der Waals surface area contributed by atoms with Gasteiger partial charge in [0.05, 0.1) is 31.2 Å². The summed E-state index contributed by atoms with van der Waals surface area (Å²) in [6.07, 6.45) is 5.42. The molecule has 24 heavy (non-hydrogen) atoms. The van der Waals surface area contributed by atoms with Gasteiger partial charge in [0.2, 0.25) is 0 Å². The van der Waals surface area contributed by atoms with Crippen molar-refractivity contribution >= 4 is 17.3 Å². The highest BCUT2D eigenvalue weighted by Gasteiger charge is 2.12. The number of nitrogens with zero attached hydrogens (tertiary/aromatic N) is 1. The van der Waals surface area contributed by atoms with Gasteiger partial charge in [-0.25, -0.2) is 0 Å². The number of rotatable bonds is 8. The van der Waals surface area contributed by atoms with Gasteiger partial charge in [-0.15, -0.1) is 0 Å². The number of nitrogens with one attached hydrogen (secondary N) is 2. The monoisotopic (exact) mass is 329 g/mol. The number of hydrogen-bond acceptors (Lipinski definition) is 5. The number of ether oxygens (including phenoxy) is 2. The van der Waals surface area contributed by atoms with E-state index in [1.807, 2.05) is 0 Å². The van der Waals surface area contributed by atoms with Crippen LogP contribution in [0.2, 0.25) is 0 Å². The maximum absolute atomic E-state index is 12.5. The third-order valence-electron chi connectivity index (χ3n) is 3.51. The second-order valence-electron chi connectivity index (χ2n) is 5.26. The summed E-state index contributed by atoms with van der Waals surface area (Å²) in [5, 5.41) is 6.09. The molecule has 2 N–H and O–H groups in total. The van der Waals surface area contributed by atoms with Crippen LogP contribution in [-0.2, 0) is 0 Å². The van der Waals surface area contributed by atoms with E-state index in [1.165, 1.54) is 6.20 Å². The molecule has 1 aromatic carbocycles. The van der Waals surface area contributed by atoms with E-state index in [4.69, 9.17) is 9.47 Å². The van der Waals surface area contributed by atoms with Crippen LogP contribution >= 0.6 is 0 Å². The Bertz CT molecular complexity index is 689. The fourth-order valence-electron chi connectivity index (χ4n) is 2.18. The summed E-state index contributed by atoms with van der Waals surface area (Å²) >= 11 is 0. The number of benzene rings is 1. The molecule has 0 fully saturated rings. The highest BCUT2D eigenvalue weighted by molar-refractivity contribution is 6.05. The van der Waals surface area contributed by atoms with E-state index in [9.17, 15) is 4.79 Å². The minimum absolute atomic E-state index is 0.256. The number of hydrogen-bond donors (Lipinski definition) is 2.